The molecule has 0 aliphatic heterocycles. The molecule has 0 aliphatic rings. The van der Waals surface area contributed by atoms with Gasteiger partial charge in [0.25, 0.3) is 0 Å². The first-order valence-corrected chi connectivity index (χ1v) is 11.1. The molecule has 0 spiro atoms. The largest absolute Gasteiger partial charge is 0.433 e. The molecule has 0 saturated carbocycles. The number of ether oxygens (including phenoxy) is 1. The number of rotatable bonds is 17. The maximum absolute atomic E-state index is 12.1. The predicted molar refractivity (Wildman–Crippen MR) is 112 cm³/mol. The van der Waals surface area contributed by atoms with Gasteiger partial charge in [-0.1, -0.05) is 77.9 Å². The Labute approximate surface area is 167 Å². The highest BCUT2D eigenvalue weighted by atomic mass is 16.6. The van der Waals surface area contributed by atoms with Crippen LogP contribution in [-0.2, 0) is 9.53 Å². The molecule has 0 rings (SSSR count). The van der Waals surface area contributed by atoms with Crippen LogP contribution in [0.3, 0.4) is 0 Å². The molecule has 4 heteroatoms. The van der Waals surface area contributed by atoms with Gasteiger partial charge in [-0.25, -0.2) is 0 Å². The second-order valence-electron chi connectivity index (χ2n) is 8.08. The number of hydrogen-bond donors (Lipinski definition) is 2. The van der Waals surface area contributed by atoms with Gasteiger partial charge in [-0.3, -0.25) is 4.79 Å². The molecule has 0 heterocycles. The lowest BCUT2D eigenvalue weighted by molar-refractivity contribution is -0.190. The normalized spacial score (nSPS) is 15.2. The van der Waals surface area contributed by atoms with Crippen LogP contribution >= 0.6 is 0 Å². The van der Waals surface area contributed by atoms with Crippen molar-refractivity contribution in [1.29, 1.82) is 0 Å². The van der Waals surface area contributed by atoms with Crippen molar-refractivity contribution in [2.24, 2.45) is 11.8 Å². The zero-order chi connectivity index (χ0) is 20.5. The number of aliphatic hydroxyl groups excluding tert-OH is 2. The summed E-state index contributed by atoms with van der Waals surface area (Å²) in [5.74, 6) is -0.453. The van der Waals surface area contributed by atoms with Gasteiger partial charge < -0.3 is 14.9 Å². The first-order valence-electron chi connectivity index (χ1n) is 11.1. The molecule has 160 valence electrons. The fraction of sp³-hybridized carbons (Fsp3) is 0.870. The van der Waals surface area contributed by atoms with Crippen molar-refractivity contribution >= 4 is 5.97 Å². The van der Waals surface area contributed by atoms with Crippen LogP contribution in [0.15, 0.2) is 12.2 Å². The highest BCUT2D eigenvalue weighted by Gasteiger charge is 2.26. The number of esters is 1. The third-order valence-electron chi connectivity index (χ3n) is 5.03. The Morgan fingerprint density at radius 2 is 1.37 bits per heavy atom. The summed E-state index contributed by atoms with van der Waals surface area (Å²) in [6, 6.07) is 0. The van der Waals surface area contributed by atoms with Gasteiger partial charge in [-0.15, -0.1) is 0 Å². The average molecular weight is 385 g/mol. The van der Waals surface area contributed by atoms with E-state index in [0.29, 0.717) is 0 Å². The van der Waals surface area contributed by atoms with Crippen LogP contribution in [0.1, 0.15) is 105 Å². The minimum Gasteiger partial charge on any atom is -0.433 e. The third kappa shape index (κ3) is 14.8. The second kappa shape index (κ2) is 17.2. The van der Waals surface area contributed by atoms with Crippen molar-refractivity contribution in [3.8, 4) is 0 Å². The van der Waals surface area contributed by atoms with Crippen molar-refractivity contribution in [2.75, 3.05) is 0 Å². The SMILES string of the molecule is CCCCCCC/C=C/CCCCCCC(C(=O)OC(O)C(C)O)C(C)C. The summed E-state index contributed by atoms with van der Waals surface area (Å²) in [6.45, 7) is 7.64. The minimum atomic E-state index is -1.43. The zero-order valence-corrected chi connectivity index (χ0v) is 18.2. The number of allylic oxidation sites excluding steroid dienone is 2. The Balaban J connectivity index is 3.77. The Hall–Kier alpha value is -0.870. The number of aliphatic hydroxyl groups is 2. The maximum Gasteiger partial charge on any atom is 0.311 e. The topological polar surface area (TPSA) is 66.8 Å². The van der Waals surface area contributed by atoms with E-state index in [-0.39, 0.29) is 11.8 Å². The van der Waals surface area contributed by atoms with Crippen LogP contribution in [0.4, 0.5) is 0 Å². The molecular weight excluding hydrogens is 340 g/mol. The zero-order valence-electron chi connectivity index (χ0n) is 18.2. The van der Waals surface area contributed by atoms with Crippen LogP contribution < -0.4 is 0 Å². The van der Waals surface area contributed by atoms with Gasteiger partial charge in [0.15, 0.2) is 0 Å². The molecule has 0 aromatic rings. The van der Waals surface area contributed by atoms with Crippen LogP contribution in [0.2, 0.25) is 0 Å². The quantitative estimate of drug-likeness (QED) is 0.145. The summed E-state index contributed by atoms with van der Waals surface area (Å²) in [5, 5.41) is 18.8. The predicted octanol–water partition coefficient (Wildman–Crippen LogP) is 5.76. The fourth-order valence-corrected chi connectivity index (χ4v) is 3.11. The number of hydrogen-bond acceptors (Lipinski definition) is 4. The average Bonchev–Trinajstić information content (AvgIpc) is 2.61. The molecular formula is C23H44O4. The Morgan fingerprint density at radius 1 is 0.852 bits per heavy atom. The number of carbonyl (C=O) groups is 1. The van der Waals surface area contributed by atoms with E-state index in [1.165, 1.54) is 58.3 Å². The minimum absolute atomic E-state index is 0.166. The van der Waals surface area contributed by atoms with Crippen LogP contribution in [0, 0.1) is 11.8 Å². The van der Waals surface area contributed by atoms with Crippen LogP contribution in [-0.4, -0.2) is 28.6 Å². The van der Waals surface area contributed by atoms with Crippen molar-refractivity contribution in [2.45, 2.75) is 117 Å². The lowest BCUT2D eigenvalue weighted by Crippen LogP contribution is -2.33. The summed E-state index contributed by atoms with van der Waals surface area (Å²) in [6.07, 6.45) is 16.4. The Kier molecular flexibility index (Phi) is 16.7. The molecule has 2 N–H and O–H groups in total. The summed E-state index contributed by atoms with van der Waals surface area (Å²) >= 11 is 0. The molecule has 0 radical (unpaired) electrons. The molecule has 0 bridgehead atoms. The van der Waals surface area contributed by atoms with Crippen LogP contribution in [0.25, 0.3) is 0 Å². The molecule has 3 atom stereocenters. The molecule has 0 fully saturated rings. The first kappa shape index (κ1) is 26.1. The van der Waals surface area contributed by atoms with E-state index < -0.39 is 18.4 Å². The lowest BCUT2D eigenvalue weighted by atomic mass is 9.90. The standard InChI is InChI=1S/C23H44O4/c1-5-6-7-8-9-10-11-12-13-14-15-16-17-18-21(19(2)3)23(26)27-22(25)20(4)24/h11-12,19-22,24-25H,5-10,13-18H2,1-4H3/b12-11+. The Morgan fingerprint density at radius 3 is 1.85 bits per heavy atom. The van der Waals surface area contributed by atoms with Crippen molar-refractivity contribution in [3.05, 3.63) is 12.2 Å². The van der Waals surface area contributed by atoms with Crippen molar-refractivity contribution in [3.63, 3.8) is 0 Å². The van der Waals surface area contributed by atoms with Crippen LogP contribution in [0.5, 0.6) is 0 Å². The lowest BCUT2D eigenvalue weighted by Gasteiger charge is -2.22. The van der Waals surface area contributed by atoms with E-state index in [1.54, 1.807) is 0 Å². The molecule has 0 aromatic heterocycles. The number of carbonyl (C=O) groups excluding carboxylic acids is 1. The van der Waals surface area contributed by atoms with E-state index in [2.05, 4.69) is 19.1 Å². The molecule has 3 unspecified atom stereocenters. The summed E-state index contributed by atoms with van der Waals surface area (Å²) in [7, 11) is 0. The molecule has 0 amide bonds. The van der Waals surface area contributed by atoms with Gasteiger partial charge in [0.05, 0.1) is 5.92 Å². The van der Waals surface area contributed by atoms with E-state index >= 15 is 0 Å². The fourth-order valence-electron chi connectivity index (χ4n) is 3.11. The van der Waals surface area contributed by atoms with E-state index in [9.17, 15) is 15.0 Å². The van der Waals surface area contributed by atoms with Gasteiger partial charge in [-0.2, -0.15) is 0 Å². The van der Waals surface area contributed by atoms with E-state index in [4.69, 9.17) is 4.74 Å². The first-order chi connectivity index (χ1) is 12.9. The molecule has 27 heavy (non-hydrogen) atoms. The molecule has 0 saturated heterocycles. The van der Waals surface area contributed by atoms with Gasteiger partial charge in [0.2, 0.25) is 6.29 Å². The number of unbranched alkanes of at least 4 members (excludes halogenated alkanes) is 9. The van der Waals surface area contributed by atoms with E-state index in [1.807, 2.05) is 13.8 Å². The summed E-state index contributed by atoms with van der Waals surface area (Å²) in [5.41, 5.74) is 0. The molecule has 4 nitrogen and oxygen atoms in total. The maximum atomic E-state index is 12.1. The van der Waals surface area contributed by atoms with E-state index in [0.717, 1.165) is 25.7 Å². The summed E-state index contributed by atoms with van der Waals surface area (Å²) in [4.78, 5) is 12.1. The smallest absolute Gasteiger partial charge is 0.311 e. The van der Waals surface area contributed by atoms with Gasteiger partial charge in [-0.05, 0) is 44.9 Å². The monoisotopic (exact) mass is 384 g/mol. The van der Waals surface area contributed by atoms with Gasteiger partial charge in [0, 0.05) is 0 Å². The van der Waals surface area contributed by atoms with Gasteiger partial charge >= 0.3 is 5.97 Å². The molecule has 0 aliphatic carbocycles. The highest BCUT2D eigenvalue weighted by molar-refractivity contribution is 5.72. The van der Waals surface area contributed by atoms with Crippen molar-refractivity contribution < 1.29 is 19.7 Å². The second-order valence-corrected chi connectivity index (χ2v) is 8.08. The Bertz CT molecular complexity index is 377. The molecule has 0 aromatic carbocycles. The highest BCUT2D eigenvalue weighted by Crippen LogP contribution is 2.22. The third-order valence-corrected chi connectivity index (χ3v) is 5.03. The van der Waals surface area contributed by atoms with Crippen molar-refractivity contribution in [1.82, 2.24) is 0 Å². The summed E-state index contributed by atoms with van der Waals surface area (Å²) < 4.78 is 4.96. The van der Waals surface area contributed by atoms with Gasteiger partial charge in [0.1, 0.15) is 6.10 Å².